The third-order valence-electron chi connectivity index (χ3n) is 3.91. The number of aliphatic hydroxyl groups is 1. The maximum absolute atomic E-state index is 11.2. The van der Waals surface area contributed by atoms with E-state index in [1.165, 1.54) is 5.56 Å². The second-order valence-electron chi connectivity index (χ2n) is 5.80. The maximum Gasteiger partial charge on any atom is 0.417 e. The third kappa shape index (κ3) is 3.88. The van der Waals surface area contributed by atoms with Crippen LogP contribution in [-0.2, 0) is 6.54 Å². The molecule has 2 N–H and O–H groups in total. The first-order chi connectivity index (χ1) is 11.1. The zero-order chi connectivity index (χ0) is 16.2. The van der Waals surface area contributed by atoms with E-state index < -0.39 is 11.9 Å². The number of benzene rings is 2. The lowest BCUT2D eigenvalue weighted by Crippen LogP contribution is -2.20. The Hall–Kier alpha value is -2.37. The summed E-state index contributed by atoms with van der Waals surface area (Å²) >= 11 is 0. The van der Waals surface area contributed by atoms with Crippen LogP contribution in [0.15, 0.2) is 57.7 Å². The molecule has 0 radical (unpaired) electrons. The molecule has 0 aliphatic carbocycles. The molecule has 5 nitrogen and oxygen atoms in total. The second kappa shape index (κ2) is 6.81. The molecule has 1 unspecified atom stereocenters. The molecule has 0 saturated heterocycles. The topological polar surface area (TPSA) is 69.5 Å². The molecule has 0 amide bonds. The minimum absolute atomic E-state index is 0.476. The second-order valence-corrected chi connectivity index (χ2v) is 5.80. The summed E-state index contributed by atoms with van der Waals surface area (Å²) < 4.78 is 5.03. The predicted molar refractivity (Wildman–Crippen MR) is 89.2 cm³/mol. The van der Waals surface area contributed by atoms with Crippen molar-refractivity contribution >= 4 is 11.1 Å². The van der Waals surface area contributed by atoms with E-state index in [1.807, 2.05) is 31.3 Å². The van der Waals surface area contributed by atoms with E-state index in [0.717, 1.165) is 18.7 Å². The lowest BCUT2D eigenvalue weighted by molar-refractivity contribution is 0.147. The highest BCUT2D eigenvalue weighted by Gasteiger charge is 2.11. The highest BCUT2D eigenvalue weighted by atomic mass is 16.4. The van der Waals surface area contributed by atoms with Gasteiger partial charge in [0, 0.05) is 13.1 Å². The number of hydrogen-bond donors (Lipinski definition) is 2. The monoisotopic (exact) mass is 312 g/mol. The van der Waals surface area contributed by atoms with E-state index in [9.17, 15) is 9.90 Å². The van der Waals surface area contributed by atoms with E-state index >= 15 is 0 Å². The van der Waals surface area contributed by atoms with Crippen LogP contribution >= 0.6 is 0 Å². The SMILES string of the molecule is CN(CCC(O)c1ccc2[nH]c(=O)oc2c1)Cc1ccccc1. The first-order valence-corrected chi connectivity index (χ1v) is 7.65. The number of oxazole rings is 1. The van der Waals surface area contributed by atoms with Crippen molar-refractivity contribution in [1.82, 2.24) is 9.88 Å². The largest absolute Gasteiger partial charge is 0.417 e. The fourth-order valence-corrected chi connectivity index (χ4v) is 2.65. The van der Waals surface area contributed by atoms with Crippen LogP contribution in [0.2, 0.25) is 0 Å². The summed E-state index contributed by atoms with van der Waals surface area (Å²) in [7, 11) is 2.04. The van der Waals surface area contributed by atoms with Gasteiger partial charge in [-0.15, -0.1) is 0 Å². The van der Waals surface area contributed by atoms with Gasteiger partial charge in [-0.05, 0) is 36.7 Å². The predicted octanol–water partition coefficient (Wildman–Crippen LogP) is 2.68. The Kier molecular flexibility index (Phi) is 4.60. The van der Waals surface area contributed by atoms with Crippen LogP contribution in [-0.4, -0.2) is 28.6 Å². The summed E-state index contributed by atoms with van der Waals surface area (Å²) in [4.78, 5) is 15.9. The molecular formula is C18H20N2O3. The zero-order valence-corrected chi connectivity index (χ0v) is 13.0. The summed E-state index contributed by atoms with van der Waals surface area (Å²) in [6.45, 7) is 1.62. The maximum atomic E-state index is 11.2. The van der Waals surface area contributed by atoms with Crippen LogP contribution in [0.5, 0.6) is 0 Å². The van der Waals surface area contributed by atoms with Gasteiger partial charge in [0.05, 0.1) is 11.6 Å². The normalized spacial score (nSPS) is 12.8. The first-order valence-electron chi connectivity index (χ1n) is 7.65. The Morgan fingerprint density at radius 3 is 2.78 bits per heavy atom. The molecule has 120 valence electrons. The van der Waals surface area contributed by atoms with Gasteiger partial charge in [0.2, 0.25) is 0 Å². The summed E-state index contributed by atoms with van der Waals surface area (Å²) in [5.74, 6) is -0.478. The average Bonchev–Trinajstić information content (AvgIpc) is 2.92. The van der Waals surface area contributed by atoms with Crippen molar-refractivity contribution in [1.29, 1.82) is 0 Å². The zero-order valence-electron chi connectivity index (χ0n) is 13.0. The molecule has 3 aromatic rings. The van der Waals surface area contributed by atoms with Gasteiger partial charge in [0.25, 0.3) is 0 Å². The van der Waals surface area contributed by atoms with Gasteiger partial charge >= 0.3 is 5.76 Å². The molecule has 1 heterocycles. The van der Waals surface area contributed by atoms with E-state index in [0.29, 0.717) is 17.5 Å². The van der Waals surface area contributed by atoms with Crippen LogP contribution in [0, 0.1) is 0 Å². The van der Waals surface area contributed by atoms with Gasteiger partial charge in [0.1, 0.15) is 0 Å². The minimum atomic E-state index is -0.585. The fourth-order valence-electron chi connectivity index (χ4n) is 2.65. The molecule has 1 aromatic heterocycles. The minimum Gasteiger partial charge on any atom is -0.408 e. The molecule has 0 aliphatic heterocycles. The van der Waals surface area contributed by atoms with Crippen molar-refractivity contribution in [3.63, 3.8) is 0 Å². The number of hydrogen-bond acceptors (Lipinski definition) is 4. The Balaban J connectivity index is 1.59. The fraction of sp³-hybridized carbons (Fsp3) is 0.278. The van der Waals surface area contributed by atoms with Crippen molar-refractivity contribution in [3.05, 3.63) is 70.2 Å². The number of aromatic nitrogens is 1. The van der Waals surface area contributed by atoms with Crippen molar-refractivity contribution in [2.24, 2.45) is 0 Å². The quantitative estimate of drug-likeness (QED) is 0.734. The molecule has 5 heteroatoms. The molecule has 0 spiro atoms. The van der Waals surface area contributed by atoms with E-state index in [4.69, 9.17) is 4.42 Å². The lowest BCUT2D eigenvalue weighted by atomic mass is 10.1. The molecule has 0 fully saturated rings. The number of aliphatic hydroxyl groups excluding tert-OH is 1. The molecule has 2 aromatic carbocycles. The number of aromatic amines is 1. The molecule has 1 atom stereocenters. The molecule has 3 rings (SSSR count). The Morgan fingerprint density at radius 1 is 1.22 bits per heavy atom. The average molecular weight is 312 g/mol. The molecule has 0 saturated carbocycles. The van der Waals surface area contributed by atoms with Crippen molar-refractivity contribution < 1.29 is 9.52 Å². The standard InChI is InChI=1S/C18H20N2O3/c1-20(12-13-5-3-2-4-6-13)10-9-16(21)14-7-8-15-17(11-14)23-18(22)19-15/h2-8,11,16,21H,9-10,12H2,1H3,(H,19,22). The molecule has 23 heavy (non-hydrogen) atoms. The highest BCUT2D eigenvalue weighted by molar-refractivity contribution is 5.72. The van der Waals surface area contributed by atoms with E-state index in [-0.39, 0.29) is 0 Å². The van der Waals surface area contributed by atoms with Crippen LogP contribution in [0.25, 0.3) is 11.1 Å². The first kappa shape index (κ1) is 15.5. The van der Waals surface area contributed by atoms with Crippen molar-refractivity contribution in [2.45, 2.75) is 19.1 Å². The molecule has 0 aliphatic rings. The van der Waals surface area contributed by atoms with Crippen molar-refractivity contribution in [2.75, 3.05) is 13.6 Å². The van der Waals surface area contributed by atoms with E-state index in [1.54, 1.807) is 12.1 Å². The van der Waals surface area contributed by atoms with Crippen LogP contribution in [0.1, 0.15) is 23.7 Å². The van der Waals surface area contributed by atoms with Gasteiger partial charge in [-0.1, -0.05) is 36.4 Å². The van der Waals surface area contributed by atoms with Gasteiger partial charge in [-0.2, -0.15) is 0 Å². The number of rotatable bonds is 6. The lowest BCUT2D eigenvalue weighted by Gasteiger charge is -2.19. The Labute approximate surface area is 134 Å². The summed E-state index contributed by atoms with van der Waals surface area (Å²) in [5.41, 5.74) is 3.13. The molecule has 0 bridgehead atoms. The van der Waals surface area contributed by atoms with Crippen molar-refractivity contribution in [3.8, 4) is 0 Å². The molecular weight excluding hydrogens is 292 g/mol. The third-order valence-corrected chi connectivity index (χ3v) is 3.91. The number of H-pyrrole nitrogens is 1. The Bertz CT molecular complexity index is 823. The van der Waals surface area contributed by atoms with Gasteiger partial charge < -0.3 is 14.4 Å². The summed E-state index contributed by atoms with van der Waals surface area (Å²) in [6.07, 6.45) is 0.0292. The number of nitrogens with one attached hydrogen (secondary N) is 1. The Morgan fingerprint density at radius 2 is 2.00 bits per heavy atom. The van der Waals surface area contributed by atoms with Gasteiger partial charge in [-0.25, -0.2) is 4.79 Å². The highest BCUT2D eigenvalue weighted by Crippen LogP contribution is 2.21. The van der Waals surface area contributed by atoms with Crippen LogP contribution in [0.4, 0.5) is 0 Å². The summed E-state index contributed by atoms with van der Waals surface area (Å²) in [6, 6.07) is 15.5. The van der Waals surface area contributed by atoms with Gasteiger partial charge in [0.15, 0.2) is 5.58 Å². The number of fused-ring (bicyclic) bond motifs is 1. The smallest absolute Gasteiger partial charge is 0.408 e. The van der Waals surface area contributed by atoms with Gasteiger partial charge in [-0.3, -0.25) is 4.98 Å². The summed E-state index contributed by atoms with van der Waals surface area (Å²) in [5, 5.41) is 10.3. The van der Waals surface area contributed by atoms with E-state index in [2.05, 4.69) is 22.0 Å². The number of nitrogens with zero attached hydrogens (tertiary/aromatic N) is 1. The van der Waals surface area contributed by atoms with Crippen LogP contribution in [0.3, 0.4) is 0 Å². The van der Waals surface area contributed by atoms with Crippen LogP contribution < -0.4 is 5.76 Å².